The van der Waals surface area contributed by atoms with Gasteiger partial charge in [0.1, 0.15) is 13.2 Å². The third-order valence-corrected chi connectivity index (χ3v) is 4.60. The monoisotopic (exact) mass is 492 g/mol. The fourth-order valence-corrected chi connectivity index (χ4v) is 3.33. The second kappa shape index (κ2) is 7.43. The minimum absolute atomic E-state index is 0.249. The van der Waals surface area contributed by atoms with Crippen LogP contribution < -0.4 is 4.74 Å². The molecule has 0 spiro atoms. The summed E-state index contributed by atoms with van der Waals surface area (Å²) in [5, 5.41) is 26.1. The minimum Gasteiger partial charge on any atom is -0.471 e. The summed E-state index contributed by atoms with van der Waals surface area (Å²) in [6.45, 7) is 4.23. The molecule has 144 valence electrons. The van der Waals surface area contributed by atoms with Crippen molar-refractivity contribution in [3.05, 3.63) is 53.7 Å². The molecule has 9 nitrogen and oxygen atoms in total. The van der Waals surface area contributed by atoms with E-state index in [1.165, 1.54) is 0 Å². The van der Waals surface area contributed by atoms with E-state index in [9.17, 15) is 5.11 Å². The Morgan fingerprint density at radius 1 is 1.32 bits per heavy atom. The number of ether oxygens (including phenoxy) is 1. The number of hydrogen-bond donors (Lipinski definition) is 1. The molecule has 0 aliphatic rings. The van der Waals surface area contributed by atoms with Crippen LogP contribution in [0.4, 0.5) is 0 Å². The molecule has 4 aromatic rings. The number of halogens is 1. The molecule has 0 bridgehead atoms. The van der Waals surface area contributed by atoms with Crippen LogP contribution in [0.1, 0.15) is 30.7 Å². The van der Waals surface area contributed by atoms with Crippen LogP contribution in [-0.2, 0) is 16.6 Å². The van der Waals surface area contributed by atoms with Gasteiger partial charge in [0.05, 0.1) is 17.3 Å². The molecular weight excluding hydrogens is 475 g/mol. The standard InChI is InChI=1S/C18H17IN6O3/c1-18(2,19)15-14-8-21-22-16(13-6-12(9-26)28-24-13)25(14)23-17(15)27-10-11-4-3-5-20-7-11/h3-8,26H,9-10H2,1-2H3. The van der Waals surface area contributed by atoms with E-state index in [-0.39, 0.29) is 10.0 Å². The first kappa shape index (κ1) is 18.7. The van der Waals surface area contributed by atoms with Gasteiger partial charge in [-0.1, -0.05) is 33.8 Å². The Morgan fingerprint density at radius 2 is 2.18 bits per heavy atom. The highest BCUT2D eigenvalue weighted by molar-refractivity contribution is 14.1. The molecule has 4 aromatic heterocycles. The Kier molecular flexibility index (Phi) is 4.98. The fraction of sp³-hybridized carbons (Fsp3) is 0.278. The molecule has 0 unspecified atom stereocenters. The van der Waals surface area contributed by atoms with Gasteiger partial charge in [0.15, 0.2) is 11.5 Å². The maximum atomic E-state index is 9.23. The Hall–Kier alpha value is -2.60. The van der Waals surface area contributed by atoms with Crippen molar-refractivity contribution in [2.75, 3.05) is 0 Å². The van der Waals surface area contributed by atoms with E-state index in [1.54, 1.807) is 29.2 Å². The molecule has 0 saturated carbocycles. The SMILES string of the molecule is CC(C)(I)c1c(OCc2cccnc2)nn2c(-c3cc(CO)on3)nncc12. The maximum Gasteiger partial charge on any atom is 0.238 e. The number of aliphatic hydroxyl groups is 1. The third kappa shape index (κ3) is 3.56. The van der Waals surface area contributed by atoms with Gasteiger partial charge in [-0.15, -0.1) is 10.2 Å². The molecule has 0 fully saturated rings. The van der Waals surface area contributed by atoms with Crippen LogP contribution in [0, 0.1) is 0 Å². The van der Waals surface area contributed by atoms with Crippen LogP contribution in [-0.4, -0.2) is 35.1 Å². The number of alkyl halides is 1. The zero-order chi connectivity index (χ0) is 19.7. The van der Waals surface area contributed by atoms with Crippen molar-refractivity contribution in [1.29, 1.82) is 0 Å². The number of aromatic nitrogens is 6. The first-order chi connectivity index (χ1) is 13.5. The zero-order valence-corrected chi connectivity index (χ0v) is 17.4. The van der Waals surface area contributed by atoms with Crippen LogP contribution in [0.25, 0.3) is 17.0 Å². The third-order valence-electron chi connectivity index (χ3n) is 4.06. The van der Waals surface area contributed by atoms with Crippen LogP contribution in [0.3, 0.4) is 0 Å². The number of nitrogens with zero attached hydrogens (tertiary/aromatic N) is 6. The molecule has 0 saturated heterocycles. The molecule has 0 aliphatic heterocycles. The summed E-state index contributed by atoms with van der Waals surface area (Å²) in [6, 6.07) is 5.41. The highest BCUT2D eigenvalue weighted by Gasteiger charge is 2.29. The Bertz CT molecular complexity index is 1100. The normalized spacial score (nSPS) is 11.9. The number of pyridine rings is 1. The van der Waals surface area contributed by atoms with Crippen LogP contribution >= 0.6 is 22.6 Å². The van der Waals surface area contributed by atoms with E-state index in [0.29, 0.717) is 29.8 Å². The lowest BCUT2D eigenvalue weighted by molar-refractivity contribution is 0.229. The summed E-state index contributed by atoms with van der Waals surface area (Å²) in [5.74, 6) is 1.23. The van der Waals surface area contributed by atoms with Gasteiger partial charge in [0.25, 0.3) is 0 Å². The van der Waals surface area contributed by atoms with Crippen molar-refractivity contribution in [2.45, 2.75) is 30.5 Å². The molecular formula is C18H17IN6O3. The molecule has 10 heteroatoms. The topological polar surface area (TPSA) is 111 Å². The molecule has 4 rings (SSSR count). The molecule has 1 N–H and O–H groups in total. The average molecular weight is 492 g/mol. The lowest BCUT2D eigenvalue weighted by Gasteiger charge is -2.17. The predicted molar refractivity (Wildman–Crippen MR) is 108 cm³/mol. The minimum atomic E-state index is -0.274. The van der Waals surface area contributed by atoms with Crippen molar-refractivity contribution in [3.63, 3.8) is 0 Å². The lowest BCUT2D eigenvalue weighted by Crippen LogP contribution is -2.09. The molecule has 0 aromatic carbocycles. The van der Waals surface area contributed by atoms with Crippen LogP contribution in [0.15, 0.2) is 41.3 Å². The van der Waals surface area contributed by atoms with Gasteiger partial charge in [-0.25, -0.2) is 4.52 Å². The van der Waals surface area contributed by atoms with Gasteiger partial charge >= 0.3 is 0 Å². The van der Waals surface area contributed by atoms with Crippen LogP contribution in [0.2, 0.25) is 0 Å². The Balaban J connectivity index is 1.81. The van der Waals surface area contributed by atoms with Crippen molar-refractivity contribution in [3.8, 4) is 17.4 Å². The van der Waals surface area contributed by atoms with E-state index < -0.39 is 0 Å². The quantitative estimate of drug-likeness (QED) is 0.323. The van der Waals surface area contributed by atoms with E-state index in [4.69, 9.17) is 9.26 Å². The lowest BCUT2D eigenvalue weighted by atomic mass is 10.1. The molecule has 28 heavy (non-hydrogen) atoms. The van der Waals surface area contributed by atoms with E-state index in [2.05, 4.69) is 61.9 Å². The number of hydrogen-bond acceptors (Lipinski definition) is 8. The molecule has 0 atom stereocenters. The predicted octanol–water partition coefficient (Wildman–Crippen LogP) is 2.92. The Labute approximate surface area is 173 Å². The number of rotatable bonds is 6. The van der Waals surface area contributed by atoms with Gasteiger partial charge in [-0.05, 0) is 19.9 Å². The van der Waals surface area contributed by atoms with Gasteiger partial charge < -0.3 is 14.4 Å². The average Bonchev–Trinajstić information content (AvgIpc) is 3.30. The first-order valence-electron chi connectivity index (χ1n) is 8.49. The second-order valence-corrected chi connectivity index (χ2v) is 9.30. The van der Waals surface area contributed by atoms with Crippen molar-refractivity contribution in [1.82, 2.24) is 30.0 Å². The van der Waals surface area contributed by atoms with Gasteiger partial charge in [-0.2, -0.15) is 5.10 Å². The summed E-state index contributed by atoms with van der Waals surface area (Å²) in [4.78, 5) is 4.11. The largest absolute Gasteiger partial charge is 0.471 e. The summed E-state index contributed by atoms with van der Waals surface area (Å²) in [6.07, 6.45) is 5.12. The van der Waals surface area contributed by atoms with E-state index >= 15 is 0 Å². The van der Waals surface area contributed by atoms with Gasteiger partial charge in [0, 0.05) is 27.4 Å². The maximum absolute atomic E-state index is 9.23. The summed E-state index contributed by atoms with van der Waals surface area (Å²) in [7, 11) is 0. The molecule has 0 amide bonds. The number of aliphatic hydroxyl groups excluding tert-OH is 1. The van der Waals surface area contributed by atoms with E-state index in [1.807, 2.05) is 12.1 Å². The summed E-state index contributed by atoms with van der Waals surface area (Å²) < 4.78 is 12.5. The highest BCUT2D eigenvalue weighted by atomic mass is 127. The molecule has 0 radical (unpaired) electrons. The fourth-order valence-electron chi connectivity index (χ4n) is 2.82. The van der Waals surface area contributed by atoms with Crippen LogP contribution in [0.5, 0.6) is 5.88 Å². The van der Waals surface area contributed by atoms with Crippen molar-refractivity contribution >= 4 is 28.1 Å². The molecule has 4 heterocycles. The smallest absolute Gasteiger partial charge is 0.238 e. The number of fused-ring (bicyclic) bond motifs is 1. The van der Waals surface area contributed by atoms with Crippen molar-refractivity contribution < 1.29 is 14.4 Å². The zero-order valence-electron chi connectivity index (χ0n) is 15.2. The van der Waals surface area contributed by atoms with Gasteiger partial charge in [0.2, 0.25) is 11.7 Å². The summed E-state index contributed by atoms with van der Waals surface area (Å²) >= 11 is 2.34. The van der Waals surface area contributed by atoms with E-state index in [0.717, 1.165) is 16.6 Å². The first-order valence-corrected chi connectivity index (χ1v) is 9.57. The molecule has 0 aliphatic carbocycles. The highest BCUT2D eigenvalue weighted by Crippen LogP contribution is 2.40. The van der Waals surface area contributed by atoms with Gasteiger partial charge in [-0.3, -0.25) is 4.98 Å². The second-order valence-electron chi connectivity index (χ2n) is 6.60. The Morgan fingerprint density at radius 3 is 2.86 bits per heavy atom. The summed E-state index contributed by atoms with van der Waals surface area (Å²) in [5.41, 5.74) is 3.04. The van der Waals surface area contributed by atoms with Crippen molar-refractivity contribution in [2.24, 2.45) is 0 Å².